The third-order valence-electron chi connectivity index (χ3n) is 3.25. The number of carbonyl (C=O) groups is 2. The number of aliphatic carboxylic acids is 1. The number of imidazole rings is 1. The summed E-state index contributed by atoms with van der Waals surface area (Å²) in [5, 5.41) is 11.5. The van der Waals surface area contributed by atoms with Gasteiger partial charge in [0.2, 0.25) is 0 Å². The first-order chi connectivity index (χ1) is 10.9. The number of rotatable bonds is 6. The Balaban J connectivity index is 2.07. The van der Waals surface area contributed by atoms with Gasteiger partial charge in [0.1, 0.15) is 5.75 Å². The monoisotopic (exact) mass is 317 g/mol. The highest BCUT2D eigenvalue weighted by Gasteiger charge is 2.13. The van der Waals surface area contributed by atoms with E-state index in [-0.39, 0.29) is 5.91 Å². The highest BCUT2D eigenvalue weighted by Crippen LogP contribution is 2.24. The van der Waals surface area contributed by atoms with Crippen LogP contribution in [0, 0.1) is 13.8 Å². The molecule has 0 radical (unpaired) electrons. The van der Waals surface area contributed by atoms with Gasteiger partial charge in [-0.05, 0) is 37.1 Å². The molecule has 0 fully saturated rings. The Morgan fingerprint density at radius 2 is 1.96 bits per heavy atom. The third kappa shape index (κ3) is 4.32. The average molecular weight is 317 g/mol. The molecule has 2 rings (SSSR count). The fourth-order valence-corrected chi connectivity index (χ4v) is 2.27. The molecule has 1 aromatic carbocycles. The van der Waals surface area contributed by atoms with Crippen molar-refractivity contribution in [2.24, 2.45) is 7.05 Å². The van der Waals surface area contributed by atoms with Crippen molar-refractivity contribution < 1.29 is 19.4 Å². The normalized spacial score (nSPS) is 10.4. The summed E-state index contributed by atoms with van der Waals surface area (Å²) in [5.41, 5.74) is 2.71. The van der Waals surface area contributed by atoms with E-state index >= 15 is 0 Å². The van der Waals surface area contributed by atoms with E-state index in [2.05, 4.69) is 10.3 Å². The number of hydrogen-bond donors (Lipinski definition) is 2. The van der Waals surface area contributed by atoms with Gasteiger partial charge in [-0.25, -0.2) is 9.78 Å². The lowest BCUT2D eigenvalue weighted by molar-refractivity contribution is -0.139. The maximum Gasteiger partial charge on any atom is 0.341 e. The summed E-state index contributed by atoms with van der Waals surface area (Å²) in [4.78, 5) is 27.0. The second-order valence-electron chi connectivity index (χ2n) is 5.33. The quantitative estimate of drug-likeness (QED) is 0.840. The molecule has 0 aliphatic rings. The molecule has 1 aromatic heterocycles. The standard InChI is InChI=1S/C16H19N3O4/c1-10-4-12(5-11(2)15(10)23-8-14(20)21)16(22)17-6-13-7-19(3)9-18-13/h4-5,7,9H,6,8H2,1-3H3,(H,17,22)(H,20,21). The number of carbonyl (C=O) groups excluding carboxylic acids is 1. The van der Waals surface area contributed by atoms with Crippen LogP contribution >= 0.6 is 0 Å². The van der Waals surface area contributed by atoms with Crippen LogP contribution in [0.1, 0.15) is 27.2 Å². The molecule has 122 valence electrons. The molecule has 23 heavy (non-hydrogen) atoms. The van der Waals surface area contributed by atoms with Gasteiger partial charge in [-0.3, -0.25) is 4.79 Å². The van der Waals surface area contributed by atoms with Gasteiger partial charge in [-0.1, -0.05) is 0 Å². The lowest BCUT2D eigenvalue weighted by atomic mass is 10.1. The molecule has 7 heteroatoms. The van der Waals surface area contributed by atoms with Crippen LogP contribution in [-0.2, 0) is 18.4 Å². The lowest BCUT2D eigenvalue weighted by Gasteiger charge is -2.12. The first kappa shape index (κ1) is 16.5. The Hall–Kier alpha value is -2.83. The van der Waals surface area contributed by atoms with Crippen LogP contribution in [0.25, 0.3) is 0 Å². The van der Waals surface area contributed by atoms with Gasteiger partial charge in [0.05, 0.1) is 18.6 Å². The van der Waals surface area contributed by atoms with E-state index in [1.807, 2.05) is 17.8 Å². The molecule has 0 saturated heterocycles. The molecule has 1 amide bonds. The smallest absolute Gasteiger partial charge is 0.341 e. The van der Waals surface area contributed by atoms with Crippen LogP contribution in [0.4, 0.5) is 0 Å². The fraction of sp³-hybridized carbons (Fsp3) is 0.312. The summed E-state index contributed by atoms with van der Waals surface area (Å²) in [6, 6.07) is 3.36. The summed E-state index contributed by atoms with van der Waals surface area (Å²) >= 11 is 0. The van der Waals surface area contributed by atoms with Crippen LogP contribution in [-0.4, -0.2) is 33.1 Å². The number of carboxylic acid groups (broad SMARTS) is 1. The number of amides is 1. The highest BCUT2D eigenvalue weighted by molar-refractivity contribution is 5.94. The average Bonchev–Trinajstić information content (AvgIpc) is 2.89. The second-order valence-corrected chi connectivity index (χ2v) is 5.33. The van der Waals surface area contributed by atoms with E-state index in [1.54, 1.807) is 32.3 Å². The maximum absolute atomic E-state index is 12.2. The zero-order valence-electron chi connectivity index (χ0n) is 13.3. The van der Waals surface area contributed by atoms with Crippen molar-refractivity contribution >= 4 is 11.9 Å². The topological polar surface area (TPSA) is 93.5 Å². The Morgan fingerprint density at radius 1 is 1.30 bits per heavy atom. The first-order valence-electron chi connectivity index (χ1n) is 7.07. The number of hydrogen-bond acceptors (Lipinski definition) is 4. The maximum atomic E-state index is 12.2. The fourth-order valence-electron chi connectivity index (χ4n) is 2.27. The van der Waals surface area contributed by atoms with E-state index in [4.69, 9.17) is 9.84 Å². The molecule has 7 nitrogen and oxygen atoms in total. The number of aryl methyl sites for hydroxylation is 3. The van der Waals surface area contributed by atoms with Crippen molar-refractivity contribution in [1.82, 2.24) is 14.9 Å². The Morgan fingerprint density at radius 3 is 2.48 bits per heavy atom. The van der Waals surface area contributed by atoms with Gasteiger partial charge in [0.15, 0.2) is 6.61 Å². The number of nitrogens with one attached hydrogen (secondary N) is 1. The van der Waals surface area contributed by atoms with Crippen LogP contribution < -0.4 is 10.1 Å². The number of nitrogens with zero attached hydrogens (tertiary/aromatic N) is 2. The number of benzene rings is 1. The van der Waals surface area contributed by atoms with E-state index in [9.17, 15) is 9.59 Å². The van der Waals surface area contributed by atoms with Crippen molar-refractivity contribution in [2.75, 3.05) is 6.61 Å². The molecule has 0 atom stereocenters. The molecule has 0 bridgehead atoms. The molecule has 0 spiro atoms. The minimum absolute atomic E-state index is 0.216. The number of ether oxygens (including phenoxy) is 1. The van der Waals surface area contributed by atoms with Gasteiger partial charge in [0.25, 0.3) is 5.91 Å². The van der Waals surface area contributed by atoms with Crippen molar-refractivity contribution in [3.8, 4) is 5.75 Å². The van der Waals surface area contributed by atoms with Gasteiger partial charge in [-0.15, -0.1) is 0 Å². The molecule has 0 saturated carbocycles. The number of carboxylic acids is 1. The minimum Gasteiger partial charge on any atom is -0.481 e. The van der Waals surface area contributed by atoms with Gasteiger partial charge < -0.3 is 19.7 Å². The summed E-state index contributed by atoms with van der Waals surface area (Å²) in [5.74, 6) is -0.763. The molecule has 0 aliphatic heterocycles. The Kier molecular flexibility index (Phi) is 5.00. The molecule has 2 N–H and O–H groups in total. The third-order valence-corrected chi connectivity index (χ3v) is 3.25. The Bertz CT molecular complexity index is 714. The zero-order valence-corrected chi connectivity index (χ0v) is 13.3. The van der Waals surface area contributed by atoms with E-state index in [0.29, 0.717) is 29.0 Å². The van der Waals surface area contributed by atoms with Crippen LogP contribution in [0.5, 0.6) is 5.75 Å². The molecule has 2 aromatic rings. The first-order valence-corrected chi connectivity index (χ1v) is 7.07. The largest absolute Gasteiger partial charge is 0.481 e. The number of aromatic nitrogens is 2. The van der Waals surface area contributed by atoms with Gasteiger partial charge in [0, 0.05) is 18.8 Å². The molecule has 0 aliphatic carbocycles. The Labute approximate surface area is 133 Å². The van der Waals surface area contributed by atoms with E-state index < -0.39 is 12.6 Å². The summed E-state index contributed by atoms with van der Waals surface area (Å²) < 4.78 is 7.06. The summed E-state index contributed by atoms with van der Waals surface area (Å²) in [7, 11) is 1.86. The van der Waals surface area contributed by atoms with Crippen LogP contribution in [0.15, 0.2) is 24.7 Å². The van der Waals surface area contributed by atoms with Crippen molar-refractivity contribution in [2.45, 2.75) is 20.4 Å². The van der Waals surface area contributed by atoms with Gasteiger partial charge >= 0.3 is 5.97 Å². The van der Waals surface area contributed by atoms with Gasteiger partial charge in [-0.2, -0.15) is 0 Å². The van der Waals surface area contributed by atoms with E-state index in [0.717, 1.165) is 5.69 Å². The van der Waals surface area contributed by atoms with Crippen LogP contribution in [0.2, 0.25) is 0 Å². The highest BCUT2D eigenvalue weighted by atomic mass is 16.5. The zero-order chi connectivity index (χ0) is 17.0. The molecular formula is C16H19N3O4. The summed E-state index contributed by atoms with van der Waals surface area (Å²) in [6.07, 6.45) is 3.50. The second kappa shape index (κ2) is 6.95. The predicted octanol–water partition coefficient (Wildman–Crippen LogP) is 1.43. The van der Waals surface area contributed by atoms with Crippen molar-refractivity contribution in [1.29, 1.82) is 0 Å². The van der Waals surface area contributed by atoms with Crippen molar-refractivity contribution in [3.05, 3.63) is 47.0 Å². The van der Waals surface area contributed by atoms with Crippen LogP contribution in [0.3, 0.4) is 0 Å². The SMILES string of the molecule is Cc1cc(C(=O)NCc2cn(C)cn2)cc(C)c1OCC(=O)O. The minimum atomic E-state index is -1.04. The molecule has 1 heterocycles. The molecular weight excluding hydrogens is 298 g/mol. The van der Waals surface area contributed by atoms with Crippen molar-refractivity contribution in [3.63, 3.8) is 0 Å². The van der Waals surface area contributed by atoms with E-state index in [1.165, 1.54) is 0 Å². The predicted molar refractivity (Wildman–Crippen MR) is 83.4 cm³/mol. The molecule has 0 unspecified atom stereocenters. The summed E-state index contributed by atoms with van der Waals surface area (Å²) in [6.45, 7) is 3.49. The lowest BCUT2D eigenvalue weighted by Crippen LogP contribution is -2.23.